The second kappa shape index (κ2) is 7.24. The molecule has 21 heavy (non-hydrogen) atoms. The zero-order chi connectivity index (χ0) is 15.3. The van der Waals surface area contributed by atoms with Crippen LogP contribution >= 0.6 is 0 Å². The molecule has 2 rings (SSSR count). The highest BCUT2D eigenvalue weighted by Gasteiger charge is 2.23. The second-order valence-electron chi connectivity index (χ2n) is 5.40. The fourth-order valence-electron chi connectivity index (χ4n) is 2.19. The van der Waals surface area contributed by atoms with Crippen molar-refractivity contribution in [2.45, 2.75) is 37.6 Å². The third-order valence-electron chi connectivity index (χ3n) is 3.64. The van der Waals surface area contributed by atoms with Gasteiger partial charge in [0.15, 0.2) is 0 Å². The zero-order valence-corrected chi connectivity index (χ0v) is 13.5. The van der Waals surface area contributed by atoms with Crippen LogP contribution in [0.25, 0.3) is 0 Å². The average molecular weight is 312 g/mol. The molecule has 0 spiro atoms. The van der Waals surface area contributed by atoms with E-state index in [-0.39, 0.29) is 4.90 Å². The van der Waals surface area contributed by atoms with Crippen LogP contribution in [0.4, 0.5) is 0 Å². The summed E-state index contributed by atoms with van der Waals surface area (Å²) in [6.07, 6.45) is 3.37. The number of methoxy groups -OCH3 is 1. The molecular weight excluding hydrogens is 288 g/mol. The van der Waals surface area contributed by atoms with Crippen molar-refractivity contribution in [2.24, 2.45) is 5.92 Å². The summed E-state index contributed by atoms with van der Waals surface area (Å²) in [5.41, 5.74) is 1.01. The molecular formula is C15H24N2O3S. The van der Waals surface area contributed by atoms with Gasteiger partial charge >= 0.3 is 0 Å². The van der Waals surface area contributed by atoms with Gasteiger partial charge in [0, 0.05) is 13.1 Å². The summed E-state index contributed by atoms with van der Waals surface area (Å²) in [5, 5.41) is 3.21. The maximum absolute atomic E-state index is 12.3. The largest absolute Gasteiger partial charge is 0.495 e. The summed E-state index contributed by atoms with van der Waals surface area (Å²) in [7, 11) is -2.01. The Hall–Kier alpha value is -1.11. The third kappa shape index (κ3) is 4.69. The predicted octanol–water partition coefficient (Wildman–Crippen LogP) is 1.88. The van der Waals surface area contributed by atoms with Crippen molar-refractivity contribution in [3.05, 3.63) is 23.8 Å². The Labute approximate surface area is 127 Å². The van der Waals surface area contributed by atoms with Crippen molar-refractivity contribution >= 4 is 10.0 Å². The quantitative estimate of drug-likeness (QED) is 0.730. The van der Waals surface area contributed by atoms with Gasteiger partial charge in [-0.3, -0.25) is 0 Å². The summed E-state index contributed by atoms with van der Waals surface area (Å²) in [6, 6.07) is 5.21. The third-order valence-corrected chi connectivity index (χ3v) is 5.14. The van der Waals surface area contributed by atoms with Gasteiger partial charge in [-0.2, -0.15) is 0 Å². The van der Waals surface area contributed by atoms with Crippen molar-refractivity contribution in [1.29, 1.82) is 0 Å². The Morgan fingerprint density at radius 2 is 2.10 bits per heavy atom. The Morgan fingerprint density at radius 1 is 1.33 bits per heavy atom. The Bertz CT molecular complexity index is 568. The van der Waals surface area contributed by atoms with E-state index in [1.54, 1.807) is 12.1 Å². The Kier molecular flexibility index (Phi) is 5.61. The SMILES string of the molecule is CCNCc1ccc(S(=O)(=O)NCCC2CC2)c(OC)c1. The molecule has 0 amide bonds. The lowest BCUT2D eigenvalue weighted by Gasteiger charge is -2.12. The molecule has 0 heterocycles. The van der Waals surface area contributed by atoms with Crippen LogP contribution in [0.5, 0.6) is 5.75 Å². The molecule has 1 aromatic carbocycles. The standard InChI is InChI=1S/C15H24N2O3S/c1-3-16-11-13-6-7-15(14(10-13)20-2)21(18,19)17-9-8-12-4-5-12/h6-7,10,12,16-17H,3-5,8-9,11H2,1-2H3. The van der Waals surface area contributed by atoms with E-state index in [2.05, 4.69) is 10.0 Å². The van der Waals surface area contributed by atoms with Crippen molar-refractivity contribution in [3.8, 4) is 5.75 Å². The van der Waals surface area contributed by atoms with E-state index in [9.17, 15) is 8.42 Å². The normalized spacial score (nSPS) is 15.1. The summed E-state index contributed by atoms with van der Waals surface area (Å²) in [6.45, 7) is 4.09. The van der Waals surface area contributed by atoms with Crippen LogP contribution in [0, 0.1) is 5.92 Å². The smallest absolute Gasteiger partial charge is 0.244 e. The van der Waals surface area contributed by atoms with E-state index >= 15 is 0 Å². The first-order valence-electron chi connectivity index (χ1n) is 7.44. The highest BCUT2D eigenvalue weighted by molar-refractivity contribution is 7.89. The second-order valence-corrected chi connectivity index (χ2v) is 7.13. The van der Waals surface area contributed by atoms with Gasteiger partial charge in [0.25, 0.3) is 0 Å². The van der Waals surface area contributed by atoms with Crippen LogP contribution in [0.15, 0.2) is 23.1 Å². The number of nitrogens with one attached hydrogen (secondary N) is 2. The monoisotopic (exact) mass is 312 g/mol. The van der Waals surface area contributed by atoms with Crippen LogP contribution in [0.1, 0.15) is 31.7 Å². The molecule has 0 atom stereocenters. The molecule has 1 aliphatic carbocycles. The molecule has 1 aromatic rings. The maximum atomic E-state index is 12.3. The molecule has 1 fully saturated rings. The average Bonchev–Trinajstić information content (AvgIpc) is 3.28. The molecule has 0 bridgehead atoms. The molecule has 118 valence electrons. The minimum atomic E-state index is -3.50. The number of sulfonamides is 1. The van der Waals surface area contributed by atoms with Gasteiger partial charge in [-0.1, -0.05) is 25.8 Å². The topological polar surface area (TPSA) is 67.4 Å². The first-order valence-corrected chi connectivity index (χ1v) is 8.92. The highest BCUT2D eigenvalue weighted by Crippen LogP contribution is 2.32. The molecule has 1 saturated carbocycles. The first kappa shape index (κ1) is 16.3. The van der Waals surface area contributed by atoms with Gasteiger partial charge in [-0.05, 0) is 36.6 Å². The lowest BCUT2D eigenvalue weighted by atomic mass is 10.2. The molecule has 5 nitrogen and oxygen atoms in total. The predicted molar refractivity (Wildman–Crippen MR) is 82.9 cm³/mol. The Balaban J connectivity index is 2.08. The molecule has 6 heteroatoms. The Morgan fingerprint density at radius 3 is 2.71 bits per heavy atom. The lowest BCUT2D eigenvalue weighted by molar-refractivity contribution is 0.401. The fraction of sp³-hybridized carbons (Fsp3) is 0.600. The zero-order valence-electron chi connectivity index (χ0n) is 12.7. The van der Waals surface area contributed by atoms with E-state index in [0.29, 0.717) is 24.8 Å². The lowest BCUT2D eigenvalue weighted by Crippen LogP contribution is -2.25. The molecule has 0 radical (unpaired) electrons. The summed E-state index contributed by atoms with van der Waals surface area (Å²) < 4.78 is 32.6. The van der Waals surface area contributed by atoms with Gasteiger partial charge in [0.05, 0.1) is 7.11 Å². The minimum absolute atomic E-state index is 0.209. The summed E-state index contributed by atoms with van der Waals surface area (Å²) >= 11 is 0. The van der Waals surface area contributed by atoms with Gasteiger partial charge in [0.1, 0.15) is 10.6 Å². The van der Waals surface area contributed by atoms with Crippen molar-refractivity contribution < 1.29 is 13.2 Å². The number of hydrogen-bond donors (Lipinski definition) is 2. The van der Waals surface area contributed by atoms with Crippen LogP contribution in [0.2, 0.25) is 0 Å². The summed E-state index contributed by atoms with van der Waals surface area (Å²) in [4.78, 5) is 0.209. The van der Waals surface area contributed by atoms with E-state index in [0.717, 1.165) is 18.5 Å². The molecule has 2 N–H and O–H groups in total. The van der Waals surface area contributed by atoms with E-state index < -0.39 is 10.0 Å². The molecule has 1 aliphatic rings. The maximum Gasteiger partial charge on any atom is 0.244 e. The van der Waals surface area contributed by atoms with E-state index in [1.807, 2.05) is 13.0 Å². The number of hydrogen-bond acceptors (Lipinski definition) is 4. The number of benzene rings is 1. The van der Waals surface area contributed by atoms with Crippen molar-refractivity contribution in [1.82, 2.24) is 10.0 Å². The van der Waals surface area contributed by atoms with E-state index in [4.69, 9.17) is 4.74 Å². The van der Waals surface area contributed by atoms with Gasteiger partial charge in [0.2, 0.25) is 10.0 Å². The summed E-state index contributed by atoms with van der Waals surface area (Å²) in [5.74, 6) is 1.10. The van der Waals surface area contributed by atoms with Crippen molar-refractivity contribution in [3.63, 3.8) is 0 Å². The van der Waals surface area contributed by atoms with Crippen molar-refractivity contribution in [2.75, 3.05) is 20.2 Å². The molecule has 0 aliphatic heterocycles. The number of rotatable bonds is 9. The van der Waals surface area contributed by atoms with Crippen LogP contribution < -0.4 is 14.8 Å². The van der Waals surface area contributed by atoms with Crippen LogP contribution in [-0.2, 0) is 16.6 Å². The van der Waals surface area contributed by atoms with Crippen LogP contribution in [0.3, 0.4) is 0 Å². The fourth-order valence-corrected chi connectivity index (χ4v) is 3.39. The molecule has 0 unspecified atom stereocenters. The molecule has 0 aromatic heterocycles. The first-order chi connectivity index (χ1) is 10.1. The van der Waals surface area contributed by atoms with Gasteiger partial charge < -0.3 is 10.1 Å². The van der Waals surface area contributed by atoms with Gasteiger partial charge in [-0.25, -0.2) is 13.1 Å². The van der Waals surface area contributed by atoms with Gasteiger partial charge in [-0.15, -0.1) is 0 Å². The van der Waals surface area contributed by atoms with E-state index in [1.165, 1.54) is 20.0 Å². The molecule has 0 saturated heterocycles. The minimum Gasteiger partial charge on any atom is -0.495 e. The highest BCUT2D eigenvalue weighted by atomic mass is 32.2. The van der Waals surface area contributed by atoms with Crippen LogP contribution in [-0.4, -0.2) is 28.6 Å². The number of ether oxygens (including phenoxy) is 1.